The van der Waals surface area contributed by atoms with E-state index in [1.165, 1.54) is 42.4 Å². The third-order valence-corrected chi connectivity index (χ3v) is 6.66. The summed E-state index contributed by atoms with van der Waals surface area (Å²) in [6.07, 6.45) is 3.00. The van der Waals surface area contributed by atoms with Gasteiger partial charge in [-0.15, -0.1) is 11.3 Å². The Bertz CT molecular complexity index is 1340. The fourth-order valence-electron chi connectivity index (χ4n) is 4.15. The molecule has 2 heterocycles. The molecule has 1 nitrogen and oxygen atoms in total. The maximum atomic E-state index is 4.73. The first-order chi connectivity index (χ1) is 14.5. The van der Waals surface area contributed by atoms with Gasteiger partial charge in [0, 0.05) is 31.9 Å². The molecule has 2 aromatic heterocycles. The van der Waals surface area contributed by atoms with E-state index in [0.29, 0.717) is 0 Å². The zero-order valence-corrected chi connectivity index (χ0v) is 18.5. The van der Waals surface area contributed by atoms with Crippen molar-refractivity contribution in [1.82, 2.24) is 4.98 Å². The highest BCUT2D eigenvalue weighted by Gasteiger charge is 2.15. The molecule has 5 aromatic rings. The maximum absolute atomic E-state index is 4.73. The molecule has 0 fully saturated rings. The molecule has 2 heteroatoms. The van der Waals surface area contributed by atoms with Gasteiger partial charge in [0.05, 0.1) is 5.69 Å². The summed E-state index contributed by atoms with van der Waals surface area (Å²) in [7, 11) is 0. The Morgan fingerprint density at radius 2 is 1.60 bits per heavy atom. The number of fused-ring (bicyclic) bond motifs is 3. The van der Waals surface area contributed by atoms with Crippen LogP contribution in [0.1, 0.15) is 26.3 Å². The lowest BCUT2D eigenvalue weighted by Gasteiger charge is -2.18. The molecule has 3 aromatic carbocycles. The van der Waals surface area contributed by atoms with Crippen molar-refractivity contribution in [2.24, 2.45) is 5.41 Å². The van der Waals surface area contributed by atoms with E-state index in [4.69, 9.17) is 4.98 Å². The predicted molar refractivity (Wildman–Crippen MR) is 131 cm³/mol. The van der Waals surface area contributed by atoms with Gasteiger partial charge in [0.15, 0.2) is 0 Å². The number of thiophene rings is 1. The highest BCUT2D eigenvalue weighted by atomic mass is 32.1. The summed E-state index contributed by atoms with van der Waals surface area (Å²) in [5.74, 6) is 0. The number of aromatic nitrogens is 1. The van der Waals surface area contributed by atoms with Crippen LogP contribution in [0.4, 0.5) is 0 Å². The third-order valence-electron chi connectivity index (χ3n) is 5.44. The van der Waals surface area contributed by atoms with Crippen LogP contribution in [-0.2, 0) is 6.42 Å². The van der Waals surface area contributed by atoms with Crippen molar-refractivity contribution in [2.75, 3.05) is 0 Å². The Kier molecular flexibility index (Phi) is 4.67. The standard InChI is InChI=1S/C28H25NS/c1-28(2,3)18-19-14-15-29-25(16-19)23-11-7-10-22-24-17-21(20-8-5-4-6-9-20)12-13-26(24)30-27(22)23/h4-17H,18H2,1-3H3. The Balaban J connectivity index is 1.65. The molecule has 0 unspecified atom stereocenters. The van der Waals surface area contributed by atoms with Crippen LogP contribution < -0.4 is 0 Å². The van der Waals surface area contributed by atoms with E-state index < -0.39 is 0 Å². The molecule has 0 spiro atoms. The van der Waals surface area contributed by atoms with Gasteiger partial charge in [0.25, 0.3) is 0 Å². The van der Waals surface area contributed by atoms with Crippen LogP contribution in [0.25, 0.3) is 42.6 Å². The van der Waals surface area contributed by atoms with Gasteiger partial charge in [-0.2, -0.15) is 0 Å². The molecule has 0 aliphatic rings. The van der Waals surface area contributed by atoms with E-state index in [-0.39, 0.29) is 5.41 Å². The Hall–Kier alpha value is -2.97. The molecule has 5 rings (SSSR count). The quantitative estimate of drug-likeness (QED) is 0.293. The van der Waals surface area contributed by atoms with Crippen molar-refractivity contribution in [1.29, 1.82) is 0 Å². The number of nitrogens with zero attached hydrogens (tertiary/aromatic N) is 1. The molecule has 0 bridgehead atoms. The fraction of sp³-hybridized carbons (Fsp3) is 0.179. The SMILES string of the molecule is CC(C)(C)Cc1ccnc(-c2cccc3c2sc2ccc(-c4ccccc4)cc23)c1. The molecule has 0 radical (unpaired) electrons. The van der Waals surface area contributed by atoms with E-state index in [1.807, 2.05) is 17.5 Å². The summed E-state index contributed by atoms with van der Waals surface area (Å²) >= 11 is 1.87. The van der Waals surface area contributed by atoms with Crippen LogP contribution in [0.2, 0.25) is 0 Å². The first-order valence-electron chi connectivity index (χ1n) is 10.4. The number of benzene rings is 3. The summed E-state index contributed by atoms with van der Waals surface area (Å²) < 4.78 is 2.64. The predicted octanol–water partition coefficient (Wildman–Crippen LogP) is 8.37. The zero-order valence-electron chi connectivity index (χ0n) is 17.6. The van der Waals surface area contributed by atoms with Crippen LogP contribution in [0.5, 0.6) is 0 Å². The Morgan fingerprint density at radius 3 is 2.40 bits per heavy atom. The van der Waals surface area contributed by atoms with Gasteiger partial charge in [0.1, 0.15) is 0 Å². The second-order valence-electron chi connectivity index (χ2n) is 9.15. The first-order valence-corrected chi connectivity index (χ1v) is 11.3. The fourth-order valence-corrected chi connectivity index (χ4v) is 5.36. The molecule has 0 amide bonds. The average Bonchev–Trinajstić information content (AvgIpc) is 3.11. The van der Waals surface area contributed by atoms with Crippen molar-refractivity contribution in [3.63, 3.8) is 0 Å². The molecule has 30 heavy (non-hydrogen) atoms. The van der Waals surface area contributed by atoms with E-state index in [2.05, 4.69) is 99.6 Å². The van der Waals surface area contributed by atoms with E-state index in [0.717, 1.165) is 12.1 Å². The van der Waals surface area contributed by atoms with Crippen molar-refractivity contribution >= 4 is 31.5 Å². The topological polar surface area (TPSA) is 12.9 Å². The lowest BCUT2D eigenvalue weighted by atomic mass is 9.88. The molecule has 0 saturated carbocycles. The van der Waals surface area contributed by atoms with E-state index in [9.17, 15) is 0 Å². The maximum Gasteiger partial charge on any atom is 0.0719 e. The smallest absolute Gasteiger partial charge is 0.0719 e. The molecule has 0 atom stereocenters. The second kappa shape index (κ2) is 7.37. The van der Waals surface area contributed by atoms with Gasteiger partial charge in [-0.05, 0) is 52.8 Å². The zero-order chi connectivity index (χ0) is 20.7. The van der Waals surface area contributed by atoms with Crippen LogP contribution in [-0.4, -0.2) is 4.98 Å². The molecule has 0 aliphatic carbocycles. The van der Waals surface area contributed by atoms with E-state index >= 15 is 0 Å². The summed E-state index contributed by atoms with van der Waals surface area (Å²) in [4.78, 5) is 4.73. The minimum absolute atomic E-state index is 0.260. The molecule has 0 N–H and O–H groups in total. The number of hydrogen-bond donors (Lipinski definition) is 0. The first kappa shape index (κ1) is 19.0. The van der Waals surface area contributed by atoms with Crippen LogP contribution in [0.15, 0.2) is 85.1 Å². The van der Waals surface area contributed by atoms with Gasteiger partial charge in [-0.1, -0.05) is 75.4 Å². The second-order valence-corrected chi connectivity index (χ2v) is 10.2. The molecule has 0 aliphatic heterocycles. The van der Waals surface area contributed by atoms with Crippen molar-refractivity contribution in [2.45, 2.75) is 27.2 Å². The van der Waals surface area contributed by atoms with Crippen LogP contribution in [0, 0.1) is 5.41 Å². The molecular weight excluding hydrogens is 382 g/mol. The minimum atomic E-state index is 0.260. The van der Waals surface area contributed by atoms with Crippen molar-refractivity contribution < 1.29 is 0 Å². The molecular formula is C28H25NS. The van der Waals surface area contributed by atoms with E-state index in [1.54, 1.807) is 0 Å². The van der Waals surface area contributed by atoms with Crippen molar-refractivity contribution in [3.05, 3.63) is 90.6 Å². The Labute approximate surface area is 182 Å². The normalized spacial score (nSPS) is 12.0. The minimum Gasteiger partial charge on any atom is -0.256 e. The lowest BCUT2D eigenvalue weighted by Crippen LogP contribution is -2.09. The lowest BCUT2D eigenvalue weighted by molar-refractivity contribution is 0.411. The summed E-state index contributed by atoms with van der Waals surface area (Å²) in [6, 6.07) is 28.4. The van der Waals surface area contributed by atoms with Crippen LogP contribution in [0.3, 0.4) is 0 Å². The molecule has 0 saturated heterocycles. The number of hydrogen-bond acceptors (Lipinski definition) is 2. The Morgan fingerprint density at radius 1 is 0.767 bits per heavy atom. The van der Waals surface area contributed by atoms with Gasteiger partial charge in [-0.3, -0.25) is 4.98 Å². The largest absolute Gasteiger partial charge is 0.256 e. The summed E-state index contributed by atoms with van der Waals surface area (Å²) in [5.41, 5.74) is 6.42. The highest BCUT2D eigenvalue weighted by Crippen LogP contribution is 2.41. The van der Waals surface area contributed by atoms with Crippen molar-refractivity contribution in [3.8, 4) is 22.4 Å². The van der Waals surface area contributed by atoms with Gasteiger partial charge < -0.3 is 0 Å². The van der Waals surface area contributed by atoms with Gasteiger partial charge in [-0.25, -0.2) is 0 Å². The highest BCUT2D eigenvalue weighted by molar-refractivity contribution is 7.26. The summed E-state index contributed by atoms with van der Waals surface area (Å²) in [5, 5.41) is 2.64. The third kappa shape index (κ3) is 3.64. The number of pyridine rings is 1. The number of rotatable bonds is 3. The average molecular weight is 408 g/mol. The summed E-state index contributed by atoms with van der Waals surface area (Å²) in [6.45, 7) is 6.85. The van der Waals surface area contributed by atoms with Gasteiger partial charge >= 0.3 is 0 Å². The van der Waals surface area contributed by atoms with Gasteiger partial charge in [0.2, 0.25) is 0 Å². The monoisotopic (exact) mass is 407 g/mol. The molecule has 148 valence electrons. The van der Waals surface area contributed by atoms with Crippen LogP contribution >= 0.6 is 11.3 Å².